The van der Waals surface area contributed by atoms with Crippen molar-refractivity contribution in [2.45, 2.75) is 76.7 Å². The van der Waals surface area contributed by atoms with Crippen LogP contribution in [0.15, 0.2) is 12.7 Å². The molecular weight excluding hydrogens is 284 g/mol. The minimum Gasteiger partial charge on any atom is -0.414 e. The van der Waals surface area contributed by atoms with Crippen LogP contribution in [0.3, 0.4) is 0 Å². The van der Waals surface area contributed by atoms with Gasteiger partial charge in [-0.2, -0.15) is 0 Å². The summed E-state index contributed by atoms with van der Waals surface area (Å²) >= 11 is 0. The molecule has 0 saturated carbocycles. The maximum Gasteiger partial charge on any atom is 0.192 e. The zero-order valence-electron chi connectivity index (χ0n) is 14.3. The lowest BCUT2D eigenvalue weighted by molar-refractivity contribution is -0.187. The number of aliphatic hydroxyl groups is 2. The molecule has 1 rings (SSSR count). The zero-order chi connectivity index (χ0) is 16.4. The Labute approximate surface area is 130 Å². The van der Waals surface area contributed by atoms with E-state index in [1.807, 2.05) is 6.92 Å². The molecule has 5 heteroatoms. The minimum absolute atomic E-state index is 0.0443. The molecule has 0 spiro atoms. The largest absolute Gasteiger partial charge is 0.414 e. The molecule has 0 aromatic heterocycles. The van der Waals surface area contributed by atoms with Gasteiger partial charge in [0.1, 0.15) is 6.10 Å². The van der Waals surface area contributed by atoms with Gasteiger partial charge < -0.3 is 19.4 Å². The van der Waals surface area contributed by atoms with Crippen LogP contribution in [0.5, 0.6) is 0 Å². The van der Waals surface area contributed by atoms with E-state index in [4.69, 9.17) is 9.16 Å². The topological polar surface area (TPSA) is 58.9 Å². The summed E-state index contributed by atoms with van der Waals surface area (Å²) in [4.78, 5) is 0. The summed E-state index contributed by atoms with van der Waals surface area (Å²) in [7, 11) is -1.87. The fourth-order valence-electron chi connectivity index (χ4n) is 2.18. The van der Waals surface area contributed by atoms with Crippen molar-refractivity contribution in [3.05, 3.63) is 12.7 Å². The van der Waals surface area contributed by atoms with Gasteiger partial charge in [0.15, 0.2) is 8.32 Å². The Bertz CT molecular complexity index is 351. The molecule has 0 aromatic rings. The van der Waals surface area contributed by atoms with Crippen molar-refractivity contribution in [1.29, 1.82) is 0 Å². The average molecular weight is 317 g/mol. The maximum absolute atomic E-state index is 10.1. The monoisotopic (exact) mass is 316 g/mol. The van der Waals surface area contributed by atoms with Crippen molar-refractivity contribution >= 4 is 8.32 Å². The number of aliphatic hydroxyl groups excluding tert-OH is 2. The predicted molar refractivity (Wildman–Crippen MR) is 87.8 cm³/mol. The number of hydrogen-bond donors (Lipinski definition) is 2. The van der Waals surface area contributed by atoms with Crippen LogP contribution in [0.4, 0.5) is 0 Å². The fraction of sp³-hybridized carbons (Fsp3) is 0.875. The molecule has 124 valence electrons. The van der Waals surface area contributed by atoms with Gasteiger partial charge >= 0.3 is 0 Å². The highest BCUT2D eigenvalue weighted by Crippen LogP contribution is 2.37. The molecule has 0 amide bonds. The van der Waals surface area contributed by atoms with Crippen LogP contribution >= 0.6 is 0 Å². The quantitative estimate of drug-likeness (QED) is 0.605. The number of rotatable bonds is 5. The maximum atomic E-state index is 10.1. The van der Waals surface area contributed by atoms with Crippen LogP contribution in [-0.4, -0.2) is 49.6 Å². The molecule has 1 saturated heterocycles. The van der Waals surface area contributed by atoms with E-state index in [1.165, 1.54) is 0 Å². The molecule has 1 fully saturated rings. The molecule has 1 heterocycles. The lowest BCUT2D eigenvalue weighted by atomic mass is 9.91. The van der Waals surface area contributed by atoms with Gasteiger partial charge in [0, 0.05) is 12.3 Å². The first-order valence-electron chi connectivity index (χ1n) is 7.77. The zero-order valence-corrected chi connectivity index (χ0v) is 15.3. The standard InChI is InChI=1S/C16H32O4Si/c1-8-11(2)15-13(18)9-12(17)14(20-15)10-19-21(6,7)16(3,4)5/h8,11-15,17-18H,1,9-10H2,2-7H3/t11-,12+,13-,14+,15-/m0/s1. The van der Waals surface area contributed by atoms with Gasteiger partial charge in [-0.1, -0.05) is 33.8 Å². The summed E-state index contributed by atoms with van der Waals surface area (Å²) in [5.74, 6) is 0.0443. The minimum atomic E-state index is -1.87. The van der Waals surface area contributed by atoms with Crippen molar-refractivity contribution in [2.24, 2.45) is 5.92 Å². The molecule has 1 aliphatic heterocycles. The Morgan fingerprint density at radius 3 is 2.38 bits per heavy atom. The van der Waals surface area contributed by atoms with Crippen molar-refractivity contribution in [2.75, 3.05) is 6.61 Å². The first-order chi connectivity index (χ1) is 9.49. The molecule has 5 atom stereocenters. The molecule has 21 heavy (non-hydrogen) atoms. The van der Waals surface area contributed by atoms with E-state index in [1.54, 1.807) is 6.08 Å². The summed E-state index contributed by atoms with van der Waals surface area (Å²) < 4.78 is 12.0. The summed E-state index contributed by atoms with van der Waals surface area (Å²) in [6.45, 7) is 17.0. The van der Waals surface area contributed by atoms with Crippen molar-refractivity contribution in [3.63, 3.8) is 0 Å². The SMILES string of the molecule is C=C[C@H](C)[C@@H]1O[C@H](CO[Si](C)(C)C(C)(C)C)[C@H](O)C[C@@H]1O. The van der Waals surface area contributed by atoms with Gasteiger partial charge in [-0.3, -0.25) is 0 Å². The highest BCUT2D eigenvalue weighted by Gasteiger charge is 2.41. The fourth-order valence-corrected chi connectivity index (χ4v) is 3.20. The molecule has 0 aromatic carbocycles. The summed E-state index contributed by atoms with van der Waals surface area (Å²) in [5.41, 5.74) is 0. The van der Waals surface area contributed by atoms with Gasteiger partial charge in [-0.05, 0) is 18.1 Å². The Morgan fingerprint density at radius 2 is 1.90 bits per heavy atom. The normalized spacial score (nSPS) is 32.8. The third-order valence-corrected chi connectivity index (χ3v) is 9.43. The van der Waals surface area contributed by atoms with Gasteiger partial charge in [-0.15, -0.1) is 6.58 Å². The molecule has 0 radical (unpaired) electrons. The van der Waals surface area contributed by atoms with Gasteiger partial charge in [0.05, 0.1) is 24.9 Å². The van der Waals surface area contributed by atoms with E-state index >= 15 is 0 Å². The molecule has 4 nitrogen and oxygen atoms in total. The van der Waals surface area contributed by atoms with E-state index in [0.29, 0.717) is 13.0 Å². The predicted octanol–water partition coefficient (Wildman–Crippen LogP) is 2.71. The van der Waals surface area contributed by atoms with E-state index < -0.39 is 20.5 Å². The Morgan fingerprint density at radius 1 is 1.33 bits per heavy atom. The second kappa shape index (κ2) is 6.92. The smallest absolute Gasteiger partial charge is 0.192 e. The second-order valence-electron chi connectivity index (χ2n) is 7.68. The first kappa shape index (κ1) is 18.8. The van der Waals surface area contributed by atoms with Crippen LogP contribution in [0.1, 0.15) is 34.1 Å². The van der Waals surface area contributed by atoms with E-state index in [2.05, 4.69) is 40.4 Å². The summed E-state index contributed by atoms with van der Waals surface area (Å²) in [6.07, 6.45) is 0.0649. The highest BCUT2D eigenvalue weighted by atomic mass is 28.4. The summed E-state index contributed by atoms with van der Waals surface area (Å²) in [6, 6.07) is 0. The lowest BCUT2D eigenvalue weighted by Crippen LogP contribution is -2.53. The lowest BCUT2D eigenvalue weighted by Gasteiger charge is -2.42. The molecule has 2 N–H and O–H groups in total. The molecule has 0 unspecified atom stereocenters. The molecule has 1 aliphatic rings. The van der Waals surface area contributed by atoms with Crippen LogP contribution in [-0.2, 0) is 9.16 Å². The van der Waals surface area contributed by atoms with Crippen LogP contribution in [0.2, 0.25) is 18.1 Å². The van der Waals surface area contributed by atoms with Crippen LogP contribution in [0.25, 0.3) is 0 Å². The number of ether oxygens (including phenoxy) is 1. The Hall–Kier alpha value is -0.203. The second-order valence-corrected chi connectivity index (χ2v) is 12.5. The Balaban J connectivity index is 2.68. The number of hydrogen-bond acceptors (Lipinski definition) is 4. The van der Waals surface area contributed by atoms with Gasteiger partial charge in [0.25, 0.3) is 0 Å². The first-order valence-corrected chi connectivity index (χ1v) is 10.7. The highest BCUT2D eigenvalue weighted by molar-refractivity contribution is 6.74. The van der Waals surface area contributed by atoms with Crippen molar-refractivity contribution in [1.82, 2.24) is 0 Å². The van der Waals surface area contributed by atoms with Crippen LogP contribution < -0.4 is 0 Å². The van der Waals surface area contributed by atoms with Crippen LogP contribution in [0, 0.1) is 5.92 Å². The molecule has 0 aliphatic carbocycles. The van der Waals surface area contributed by atoms with E-state index in [-0.39, 0.29) is 23.2 Å². The molecular formula is C16H32O4Si. The van der Waals surface area contributed by atoms with E-state index in [9.17, 15) is 10.2 Å². The third-order valence-electron chi connectivity index (χ3n) is 4.93. The van der Waals surface area contributed by atoms with Gasteiger partial charge in [0.2, 0.25) is 0 Å². The summed E-state index contributed by atoms with van der Waals surface area (Å²) in [5, 5.41) is 20.3. The van der Waals surface area contributed by atoms with Crippen molar-refractivity contribution < 1.29 is 19.4 Å². The average Bonchev–Trinajstić information content (AvgIpc) is 2.35. The van der Waals surface area contributed by atoms with Gasteiger partial charge in [-0.25, -0.2) is 0 Å². The Kier molecular flexibility index (Phi) is 6.21. The third kappa shape index (κ3) is 4.63. The van der Waals surface area contributed by atoms with Crippen molar-refractivity contribution in [3.8, 4) is 0 Å². The van der Waals surface area contributed by atoms with E-state index in [0.717, 1.165) is 0 Å². The molecule has 0 bridgehead atoms.